The zero-order valence-electron chi connectivity index (χ0n) is 12.1. The van der Waals surface area contributed by atoms with Crippen LogP contribution in [0.1, 0.15) is 19.4 Å². The van der Waals surface area contributed by atoms with Crippen LogP contribution >= 0.6 is 0 Å². The Kier molecular flexibility index (Phi) is 4.40. The lowest BCUT2D eigenvalue weighted by Crippen LogP contribution is -2.40. The van der Waals surface area contributed by atoms with E-state index in [1.807, 2.05) is 55.1 Å². The van der Waals surface area contributed by atoms with Crippen LogP contribution in [-0.4, -0.2) is 33.8 Å². The number of amides is 2. The first-order chi connectivity index (χ1) is 9.56. The fourth-order valence-electron chi connectivity index (χ4n) is 1.87. The number of carbonyl (C=O) groups excluding carboxylic acids is 1. The standard InChI is InChI=1S/C15H20N4O/c1-12(2)17-15(20)18(3)10-13-9-16-19(11-13)14-7-5-4-6-8-14/h4-9,11-12H,10H2,1-3H3,(H,17,20). The lowest BCUT2D eigenvalue weighted by atomic mass is 10.3. The van der Waals surface area contributed by atoms with Crippen LogP contribution in [-0.2, 0) is 6.54 Å². The molecule has 106 valence electrons. The first-order valence-electron chi connectivity index (χ1n) is 6.67. The molecule has 1 aromatic carbocycles. The molecule has 0 unspecified atom stereocenters. The summed E-state index contributed by atoms with van der Waals surface area (Å²) in [6.07, 6.45) is 3.72. The maximum Gasteiger partial charge on any atom is 0.317 e. The summed E-state index contributed by atoms with van der Waals surface area (Å²) in [4.78, 5) is 13.5. The number of aromatic nitrogens is 2. The van der Waals surface area contributed by atoms with E-state index >= 15 is 0 Å². The summed E-state index contributed by atoms with van der Waals surface area (Å²) in [6, 6.07) is 9.96. The van der Waals surface area contributed by atoms with Crippen LogP contribution in [0.15, 0.2) is 42.7 Å². The van der Waals surface area contributed by atoms with E-state index in [0.29, 0.717) is 6.54 Å². The van der Waals surface area contributed by atoms with Gasteiger partial charge in [-0.3, -0.25) is 0 Å². The lowest BCUT2D eigenvalue weighted by Gasteiger charge is -2.18. The van der Waals surface area contributed by atoms with Crippen molar-refractivity contribution >= 4 is 6.03 Å². The number of para-hydroxylation sites is 1. The molecule has 2 amide bonds. The predicted molar refractivity (Wildman–Crippen MR) is 78.7 cm³/mol. The van der Waals surface area contributed by atoms with Crippen molar-refractivity contribution in [2.75, 3.05) is 7.05 Å². The third kappa shape index (κ3) is 3.60. The van der Waals surface area contributed by atoms with Gasteiger partial charge >= 0.3 is 6.03 Å². The molecular weight excluding hydrogens is 252 g/mol. The summed E-state index contributed by atoms with van der Waals surface area (Å²) in [5, 5.41) is 7.18. The highest BCUT2D eigenvalue weighted by Gasteiger charge is 2.11. The van der Waals surface area contributed by atoms with Crippen LogP contribution in [0.4, 0.5) is 4.79 Å². The fourth-order valence-corrected chi connectivity index (χ4v) is 1.87. The first kappa shape index (κ1) is 14.1. The van der Waals surface area contributed by atoms with Gasteiger partial charge in [-0.1, -0.05) is 18.2 Å². The predicted octanol–water partition coefficient (Wildman–Crippen LogP) is 2.42. The molecule has 0 aliphatic carbocycles. The monoisotopic (exact) mass is 272 g/mol. The van der Waals surface area contributed by atoms with E-state index in [9.17, 15) is 4.79 Å². The zero-order valence-corrected chi connectivity index (χ0v) is 12.1. The molecule has 0 saturated heterocycles. The van der Waals surface area contributed by atoms with Gasteiger partial charge in [-0.2, -0.15) is 5.10 Å². The molecule has 0 spiro atoms. The highest BCUT2D eigenvalue weighted by molar-refractivity contribution is 5.74. The van der Waals surface area contributed by atoms with Crippen molar-refractivity contribution in [2.24, 2.45) is 0 Å². The molecule has 2 rings (SSSR count). The van der Waals surface area contributed by atoms with Crippen molar-refractivity contribution in [3.63, 3.8) is 0 Å². The van der Waals surface area contributed by atoms with E-state index in [1.165, 1.54) is 0 Å². The van der Waals surface area contributed by atoms with Gasteiger partial charge in [-0.15, -0.1) is 0 Å². The number of benzene rings is 1. The van der Waals surface area contributed by atoms with Gasteiger partial charge in [-0.25, -0.2) is 9.48 Å². The molecule has 20 heavy (non-hydrogen) atoms. The van der Waals surface area contributed by atoms with Gasteiger partial charge in [0.05, 0.1) is 18.4 Å². The minimum atomic E-state index is -0.0764. The molecule has 0 aliphatic heterocycles. The molecule has 2 aromatic rings. The van der Waals surface area contributed by atoms with Gasteiger partial charge in [0.1, 0.15) is 0 Å². The first-order valence-corrected chi connectivity index (χ1v) is 6.67. The fraction of sp³-hybridized carbons (Fsp3) is 0.333. The molecule has 0 saturated carbocycles. The Hall–Kier alpha value is -2.30. The quantitative estimate of drug-likeness (QED) is 0.929. The van der Waals surface area contributed by atoms with Gasteiger partial charge in [-0.05, 0) is 26.0 Å². The molecule has 0 aliphatic rings. The third-order valence-corrected chi connectivity index (χ3v) is 2.84. The average molecular weight is 272 g/mol. The SMILES string of the molecule is CC(C)NC(=O)N(C)Cc1cnn(-c2ccccc2)c1. The van der Waals surface area contributed by atoms with Crippen LogP contribution in [0.3, 0.4) is 0 Å². The number of nitrogens with one attached hydrogen (secondary N) is 1. The summed E-state index contributed by atoms with van der Waals surface area (Å²) in [5.74, 6) is 0. The maximum atomic E-state index is 11.8. The Balaban J connectivity index is 2.01. The molecule has 5 heteroatoms. The second-order valence-electron chi connectivity index (χ2n) is 5.09. The minimum Gasteiger partial charge on any atom is -0.336 e. The lowest BCUT2D eigenvalue weighted by molar-refractivity contribution is 0.204. The highest BCUT2D eigenvalue weighted by atomic mass is 16.2. The Labute approximate surface area is 119 Å². The van der Waals surface area contributed by atoms with E-state index in [2.05, 4.69) is 10.4 Å². The van der Waals surface area contributed by atoms with Crippen molar-refractivity contribution in [1.82, 2.24) is 20.0 Å². The summed E-state index contributed by atoms with van der Waals surface area (Å²) >= 11 is 0. The number of hydrogen-bond acceptors (Lipinski definition) is 2. The van der Waals surface area contributed by atoms with E-state index < -0.39 is 0 Å². The number of carbonyl (C=O) groups is 1. The molecule has 5 nitrogen and oxygen atoms in total. The van der Waals surface area contributed by atoms with Gasteiger partial charge in [0.2, 0.25) is 0 Å². The summed E-state index contributed by atoms with van der Waals surface area (Å²) in [7, 11) is 1.78. The van der Waals surface area contributed by atoms with Crippen molar-refractivity contribution in [1.29, 1.82) is 0 Å². The maximum absolute atomic E-state index is 11.8. The third-order valence-electron chi connectivity index (χ3n) is 2.84. The van der Waals surface area contributed by atoms with E-state index in [4.69, 9.17) is 0 Å². The number of urea groups is 1. The highest BCUT2D eigenvalue weighted by Crippen LogP contribution is 2.09. The summed E-state index contributed by atoms with van der Waals surface area (Å²) in [5.41, 5.74) is 2.00. The molecular formula is C15H20N4O. The summed E-state index contributed by atoms with van der Waals surface area (Å²) < 4.78 is 1.81. The molecule has 1 heterocycles. The van der Waals surface area contributed by atoms with Crippen molar-refractivity contribution in [2.45, 2.75) is 26.4 Å². The largest absolute Gasteiger partial charge is 0.336 e. The molecule has 1 aromatic heterocycles. The van der Waals surface area contributed by atoms with Gasteiger partial charge in [0, 0.05) is 24.8 Å². The minimum absolute atomic E-state index is 0.0764. The van der Waals surface area contributed by atoms with Crippen LogP contribution in [0.25, 0.3) is 5.69 Å². The topological polar surface area (TPSA) is 50.2 Å². The number of hydrogen-bond donors (Lipinski definition) is 1. The van der Waals surface area contributed by atoms with Gasteiger partial charge < -0.3 is 10.2 Å². The average Bonchev–Trinajstić information content (AvgIpc) is 2.87. The Morgan fingerprint density at radius 1 is 1.35 bits per heavy atom. The second-order valence-corrected chi connectivity index (χ2v) is 5.09. The van der Waals surface area contributed by atoms with E-state index in [0.717, 1.165) is 11.3 Å². The Morgan fingerprint density at radius 3 is 2.70 bits per heavy atom. The van der Waals surface area contributed by atoms with Crippen molar-refractivity contribution in [3.05, 3.63) is 48.3 Å². The van der Waals surface area contributed by atoms with Crippen LogP contribution < -0.4 is 5.32 Å². The van der Waals surface area contributed by atoms with Crippen LogP contribution in [0.2, 0.25) is 0 Å². The molecule has 0 bridgehead atoms. The zero-order chi connectivity index (χ0) is 14.5. The molecule has 0 fully saturated rings. The molecule has 0 atom stereocenters. The molecule has 0 radical (unpaired) electrons. The van der Waals surface area contributed by atoms with Gasteiger partial charge in [0.25, 0.3) is 0 Å². The number of rotatable bonds is 4. The number of nitrogens with zero attached hydrogens (tertiary/aromatic N) is 3. The van der Waals surface area contributed by atoms with Crippen LogP contribution in [0.5, 0.6) is 0 Å². The van der Waals surface area contributed by atoms with Gasteiger partial charge in [0.15, 0.2) is 0 Å². The smallest absolute Gasteiger partial charge is 0.317 e. The van der Waals surface area contributed by atoms with E-state index in [1.54, 1.807) is 18.1 Å². The second kappa shape index (κ2) is 6.23. The normalized spacial score (nSPS) is 10.6. The van der Waals surface area contributed by atoms with E-state index in [-0.39, 0.29) is 12.1 Å². The van der Waals surface area contributed by atoms with Crippen molar-refractivity contribution < 1.29 is 4.79 Å². The van der Waals surface area contributed by atoms with Crippen molar-refractivity contribution in [3.8, 4) is 5.69 Å². The van der Waals surface area contributed by atoms with Crippen LogP contribution in [0, 0.1) is 0 Å². The Bertz CT molecular complexity index is 562. The molecule has 1 N–H and O–H groups in total. The summed E-state index contributed by atoms with van der Waals surface area (Å²) in [6.45, 7) is 4.42. The Morgan fingerprint density at radius 2 is 2.05 bits per heavy atom.